The zero-order chi connectivity index (χ0) is 19.9. The predicted octanol–water partition coefficient (Wildman–Crippen LogP) is 5.01. The first-order valence-corrected chi connectivity index (χ1v) is 8.97. The number of benzene rings is 1. The van der Waals surface area contributed by atoms with Crippen LogP contribution in [-0.2, 0) is 14.8 Å². The summed E-state index contributed by atoms with van der Waals surface area (Å²) in [6.07, 6.45) is -12.6. The topological polar surface area (TPSA) is 55.4 Å². The van der Waals surface area contributed by atoms with Gasteiger partial charge in [0, 0.05) is 27.1 Å². The van der Waals surface area contributed by atoms with Crippen LogP contribution in [0.5, 0.6) is 0 Å². The van der Waals surface area contributed by atoms with Crippen LogP contribution in [0.4, 0.5) is 40.8 Å². The first-order valence-electron chi connectivity index (χ1n) is 5.62. The van der Waals surface area contributed by atoms with Gasteiger partial charge < -0.3 is 0 Å². The van der Waals surface area contributed by atoms with Crippen molar-refractivity contribution in [3.63, 3.8) is 0 Å². The molecule has 0 fully saturated rings. The smallest absolute Gasteiger partial charge is 0.277 e. The molecule has 0 bridgehead atoms. The molecule has 0 saturated carbocycles. The third-order valence-corrected chi connectivity index (χ3v) is 5.10. The molecule has 0 saturated heterocycles. The lowest BCUT2D eigenvalue weighted by Crippen LogP contribution is -2.56. The molecule has 0 spiro atoms. The first kappa shape index (κ1) is 22.6. The number of para-hydroxylation sites is 1. The van der Waals surface area contributed by atoms with Gasteiger partial charge in [0.2, 0.25) is 0 Å². The van der Waals surface area contributed by atoms with Crippen LogP contribution in [0.25, 0.3) is 0 Å². The van der Waals surface area contributed by atoms with E-state index in [4.69, 9.17) is 0 Å². The van der Waals surface area contributed by atoms with E-state index in [1.165, 1.54) is 6.07 Å². The second kappa shape index (κ2) is 6.95. The Hall–Kier alpha value is -0.420. The van der Waals surface area contributed by atoms with Gasteiger partial charge in [-0.05, 0) is 28.1 Å². The van der Waals surface area contributed by atoms with Gasteiger partial charge in [-0.15, -0.1) is 0 Å². The number of alkyl halides is 9. The number of anilines is 1. The number of rotatable bonds is 7. The fourth-order valence-electron chi connectivity index (χ4n) is 1.19. The van der Waals surface area contributed by atoms with Crippen molar-refractivity contribution >= 4 is 54.2 Å². The Labute approximate surface area is 157 Å². The average molecular weight is 578 g/mol. The molecular formula is C10H5BrF8INO3S. The summed E-state index contributed by atoms with van der Waals surface area (Å²) in [5.41, 5.74) is -0.635. The van der Waals surface area contributed by atoms with Gasteiger partial charge >= 0.3 is 31.4 Å². The molecule has 15 heteroatoms. The van der Waals surface area contributed by atoms with Crippen LogP contribution in [-0.4, -0.2) is 29.8 Å². The molecule has 0 aliphatic carbocycles. The Morgan fingerprint density at radius 2 is 1.44 bits per heavy atom. The van der Waals surface area contributed by atoms with Crippen molar-refractivity contribution in [3.8, 4) is 0 Å². The molecule has 4 nitrogen and oxygen atoms in total. The van der Waals surface area contributed by atoms with E-state index in [1.807, 2.05) is 0 Å². The Balaban J connectivity index is 3.22. The summed E-state index contributed by atoms with van der Waals surface area (Å²) in [6.45, 7) is 0. The van der Waals surface area contributed by atoms with Crippen LogP contribution in [0.1, 0.15) is 0 Å². The average Bonchev–Trinajstić information content (AvgIpc) is 2.38. The van der Waals surface area contributed by atoms with Crippen LogP contribution >= 0.6 is 38.5 Å². The molecule has 0 amide bonds. The van der Waals surface area contributed by atoms with Gasteiger partial charge in [0.1, 0.15) is 0 Å². The Kier molecular flexibility index (Phi) is 6.29. The maximum absolute atomic E-state index is 13.6. The summed E-state index contributed by atoms with van der Waals surface area (Å²) in [4.78, 5) is 0. The van der Waals surface area contributed by atoms with E-state index in [9.17, 15) is 43.5 Å². The fraction of sp³-hybridized carbons (Fsp3) is 0.400. The number of sulfonamides is 1. The van der Waals surface area contributed by atoms with Crippen molar-refractivity contribution in [1.29, 1.82) is 0 Å². The molecule has 0 aliphatic heterocycles. The highest BCUT2D eigenvalue weighted by molar-refractivity contribution is 14.1. The monoisotopic (exact) mass is 577 g/mol. The van der Waals surface area contributed by atoms with Gasteiger partial charge in [-0.3, -0.25) is 4.72 Å². The van der Waals surface area contributed by atoms with E-state index in [1.54, 1.807) is 0 Å². The van der Waals surface area contributed by atoms with Gasteiger partial charge in [0.15, 0.2) is 0 Å². The molecule has 0 aliphatic rings. The van der Waals surface area contributed by atoms with E-state index in [0.29, 0.717) is 0 Å². The number of nitrogens with one attached hydrogen (secondary N) is 1. The molecule has 1 aromatic carbocycles. The number of hydrogen-bond acceptors (Lipinski definition) is 3. The van der Waals surface area contributed by atoms with Crippen LogP contribution in [0.3, 0.4) is 0 Å². The van der Waals surface area contributed by atoms with E-state index < -0.39 is 37.1 Å². The van der Waals surface area contributed by atoms with Gasteiger partial charge in [0.05, 0.1) is 5.69 Å². The van der Waals surface area contributed by atoms with E-state index in [-0.39, 0.29) is 27.1 Å². The summed E-state index contributed by atoms with van der Waals surface area (Å²) >= 11 is 2.40. The second-order valence-electron chi connectivity index (χ2n) is 4.24. The highest BCUT2D eigenvalue weighted by atomic mass is 127. The van der Waals surface area contributed by atoms with Gasteiger partial charge in [0.25, 0.3) is 0 Å². The van der Waals surface area contributed by atoms with Crippen LogP contribution in [0, 0.1) is 0 Å². The zero-order valence-corrected chi connectivity index (χ0v) is 15.8. The van der Waals surface area contributed by atoms with Gasteiger partial charge in [-0.2, -0.15) is 43.5 Å². The lowest BCUT2D eigenvalue weighted by Gasteiger charge is -2.30. The molecule has 0 aromatic heterocycles. The molecule has 25 heavy (non-hydrogen) atoms. The minimum Gasteiger partial charge on any atom is -0.277 e. The van der Waals surface area contributed by atoms with Crippen molar-refractivity contribution in [1.82, 2.24) is 0 Å². The minimum absolute atomic E-state index is 0.150. The highest BCUT2D eigenvalue weighted by Crippen LogP contribution is 2.49. The normalized spacial score (nSPS) is 14.5. The number of ether oxygens (including phenoxy) is 1. The number of hydrogen-bond donors (Lipinski definition) is 1. The van der Waals surface area contributed by atoms with Crippen molar-refractivity contribution in [3.05, 3.63) is 28.7 Å². The molecule has 1 rings (SSSR count). The Bertz CT molecular complexity index is 740. The second-order valence-corrected chi connectivity index (χ2v) is 8.17. The third-order valence-electron chi connectivity index (χ3n) is 2.38. The maximum atomic E-state index is 13.6. The molecule has 0 radical (unpaired) electrons. The SMILES string of the molecule is O=S(=O)(Nc1ccccc1Br)C(F)(F)C(F)(F)OC(F)(F)C(F)(F)I. The van der Waals surface area contributed by atoms with Gasteiger partial charge in [-0.1, -0.05) is 12.1 Å². The van der Waals surface area contributed by atoms with E-state index in [2.05, 4.69) is 20.7 Å². The summed E-state index contributed by atoms with van der Waals surface area (Å²) in [7, 11) is -6.38. The molecule has 1 aromatic rings. The van der Waals surface area contributed by atoms with Crippen molar-refractivity contribution in [2.45, 2.75) is 21.4 Å². The summed E-state index contributed by atoms with van der Waals surface area (Å²) in [5.74, 6) is 0. The van der Waals surface area contributed by atoms with Crippen LogP contribution < -0.4 is 4.72 Å². The maximum Gasteiger partial charge on any atom is 0.453 e. The van der Waals surface area contributed by atoms with Crippen molar-refractivity contribution in [2.24, 2.45) is 0 Å². The van der Waals surface area contributed by atoms with Crippen LogP contribution in [0.2, 0.25) is 0 Å². The molecule has 144 valence electrons. The zero-order valence-electron chi connectivity index (χ0n) is 11.2. The molecule has 0 unspecified atom stereocenters. The van der Waals surface area contributed by atoms with Crippen molar-refractivity contribution < 1.29 is 48.3 Å². The Morgan fingerprint density at radius 1 is 0.960 bits per heavy atom. The van der Waals surface area contributed by atoms with E-state index >= 15 is 0 Å². The minimum atomic E-state index is -6.49. The quantitative estimate of drug-likeness (QED) is 0.282. The molecule has 1 N–H and O–H groups in total. The van der Waals surface area contributed by atoms with Crippen LogP contribution in [0.15, 0.2) is 28.7 Å². The lowest BCUT2D eigenvalue weighted by atomic mass is 10.3. The summed E-state index contributed by atoms with van der Waals surface area (Å²) in [6, 6.07) is 4.49. The lowest BCUT2D eigenvalue weighted by molar-refractivity contribution is -0.438. The summed E-state index contributed by atoms with van der Waals surface area (Å²) < 4.78 is 125. The first-order chi connectivity index (χ1) is 10.9. The van der Waals surface area contributed by atoms with E-state index in [0.717, 1.165) is 22.9 Å². The largest absolute Gasteiger partial charge is 0.453 e. The fourth-order valence-corrected chi connectivity index (χ4v) is 2.76. The highest BCUT2D eigenvalue weighted by Gasteiger charge is 2.73. The van der Waals surface area contributed by atoms with Gasteiger partial charge in [-0.25, -0.2) is 4.74 Å². The Morgan fingerprint density at radius 3 is 1.88 bits per heavy atom. The number of halogens is 10. The third kappa shape index (κ3) is 4.65. The van der Waals surface area contributed by atoms with Crippen molar-refractivity contribution in [2.75, 3.05) is 4.72 Å². The predicted molar refractivity (Wildman–Crippen MR) is 81.6 cm³/mol. The molecular weight excluding hydrogens is 573 g/mol. The molecule has 0 atom stereocenters. The standard InChI is InChI=1S/C10H5BrF8INO3S/c11-5-3-1-2-4-6(5)21-25(22,23)10(18,19)9(16,17)24-8(14,15)7(12,13)20/h1-4,21H. The summed E-state index contributed by atoms with van der Waals surface area (Å²) in [5, 5.41) is -6.32. The molecule has 0 heterocycles.